The second-order valence-electron chi connectivity index (χ2n) is 7.88. The molecule has 0 aliphatic heterocycles. The van der Waals surface area contributed by atoms with Crippen LogP contribution in [0.5, 0.6) is 0 Å². The number of rotatable bonds is 3. The van der Waals surface area contributed by atoms with E-state index in [1.807, 2.05) is 20.8 Å². The summed E-state index contributed by atoms with van der Waals surface area (Å²) in [5.74, 6) is 0. The van der Waals surface area contributed by atoms with Gasteiger partial charge < -0.3 is 20.5 Å². The molecule has 0 bridgehead atoms. The van der Waals surface area contributed by atoms with Gasteiger partial charge >= 0.3 is 6.09 Å². The van der Waals surface area contributed by atoms with E-state index in [9.17, 15) is 9.90 Å². The van der Waals surface area contributed by atoms with Crippen LogP contribution in [0, 0.1) is 0 Å². The minimum absolute atomic E-state index is 0.128. The second-order valence-corrected chi connectivity index (χ2v) is 7.88. The largest absolute Gasteiger partial charge is 0.444 e. The molecule has 5 nitrogen and oxygen atoms in total. The quantitative estimate of drug-likeness (QED) is 0.749. The van der Waals surface area contributed by atoms with Crippen LogP contribution in [-0.2, 0) is 4.74 Å². The van der Waals surface area contributed by atoms with Crippen molar-refractivity contribution in [2.24, 2.45) is 0 Å². The first-order chi connectivity index (χ1) is 10.3. The lowest BCUT2D eigenvalue weighted by atomic mass is 9.88. The van der Waals surface area contributed by atoms with E-state index in [-0.39, 0.29) is 18.2 Å². The highest BCUT2D eigenvalue weighted by atomic mass is 16.6. The molecule has 0 aromatic carbocycles. The molecule has 2 unspecified atom stereocenters. The molecule has 1 amide bonds. The van der Waals surface area contributed by atoms with E-state index >= 15 is 0 Å². The average molecular weight is 312 g/mol. The van der Waals surface area contributed by atoms with Gasteiger partial charge in [-0.1, -0.05) is 0 Å². The lowest BCUT2D eigenvalue weighted by Gasteiger charge is -2.35. The van der Waals surface area contributed by atoms with Gasteiger partial charge in [0, 0.05) is 18.1 Å². The number of nitrogens with one attached hydrogen (secondary N) is 2. The highest BCUT2D eigenvalue weighted by molar-refractivity contribution is 5.68. The van der Waals surface area contributed by atoms with Gasteiger partial charge in [-0.2, -0.15) is 0 Å². The Morgan fingerprint density at radius 2 is 1.64 bits per heavy atom. The number of carbonyl (C=O) groups is 1. The number of carbonyl (C=O) groups excluding carboxylic acids is 1. The van der Waals surface area contributed by atoms with Crippen molar-refractivity contribution in [2.75, 3.05) is 0 Å². The van der Waals surface area contributed by atoms with E-state index in [1.54, 1.807) is 0 Å². The van der Waals surface area contributed by atoms with Gasteiger partial charge in [0.2, 0.25) is 0 Å². The number of ether oxygens (including phenoxy) is 1. The first-order valence-electron chi connectivity index (χ1n) is 8.75. The molecular weight excluding hydrogens is 280 g/mol. The zero-order chi connectivity index (χ0) is 16.2. The van der Waals surface area contributed by atoms with E-state index in [1.165, 1.54) is 6.42 Å². The van der Waals surface area contributed by atoms with Crippen molar-refractivity contribution in [3.8, 4) is 0 Å². The number of aliphatic hydroxyl groups is 1. The van der Waals surface area contributed by atoms with Crippen LogP contribution >= 0.6 is 0 Å². The molecule has 3 N–H and O–H groups in total. The first-order valence-corrected chi connectivity index (χ1v) is 8.75. The molecule has 2 aliphatic carbocycles. The molecule has 0 saturated heterocycles. The van der Waals surface area contributed by atoms with Gasteiger partial charge in [0.1, 0.15) is 5.60 Å². The molecule has 22 heavy (non-hydrogen) atoms. The Kier molecular flexibility index (Phi) is 6.09. The standard InChI is InChI=1S/C17H32N2O3/c1-17(2,3)22-16(21)19-13-9-7-12(8-10-13)18-14-5-4-6-15(20)11-14/h12-15,18,20H,4-11H2,1-3H3,(H,19,21). The second kappa shape index (κ2) is 7.64. The van der Waals surface area contributed by atoms with Crippen molar-refractivity contribution in [3.05, 3.63) is 0 Å². The third-order valence-electron chi connectivity index (χ3n) is 4.57. The van der Waals surface area contributed by atoms with Crippen LogP contribution in [0.15, 0.2) is 0 Å². The van der Waals surface area contributed by atoms with E-state index < -0.39 is 5.60 Å². The zero-order valence-corrected chi connectivity index (χ0v) is 14.2. The summed E-state index contributed by atoms with van der Waals surface area (Å²) >= 11 is 0. The SMILES string of the molecule is CC(C)(C)OC(=O)NC1CCC(NC2CCCC(O)C2)CC1. The Labute approximate surface area is 134 Å². The van der Waals surface area contributed by atoms with Crippen molar-refractivity contribution in [1.29, 1.82) is 0 Å². The van der Waals surface area contributed by atoms with Gasteiger partial charge in [-0.05, 0) is 72.1 Å². The summed E-state index contributed by atoms with van der Waals surface area (Å²) in [5.41, 5.74) is -0.440. The fraction of sp³-hybridized carbons (Fsp3) is 0.941. The summed E-state index contributed by atoms with van der Waals surface area (Å²) in [6, 6.07) is 1.21. The van der Waals surface area contributed by atoms with Crippen LogP contribution in [0.4, 0.5) is 4.79 Å². The van der Waals surface area contributed by atoms with Crippen molar-refractivity contribution in [3.63, 3.8) is 0 Å². The molecule has 2 aliphatic rings. The Bertz CT molecular complexity index is 359. The molecule has 0 heterocycles. The fourth-order valence-corrected chi connectivity index (χ4v) is 3.53. The minimum Gasteiger partial charge on any atom is -0.444 e. The number of alkyl carbamates (subject to hydrolysis) is 1. The lowest BCUT2D eigenvalue weighted by Crippen LogP contribution is -2.47. The van der Waals surface area contributed by atoms with E-state index in [0.29, 0.717) is 12.1 Å². The maximum Gasteiger partial charge on any atom is 0.407 e. The highest BCUT2D eigenvalue weighted by Crippen LogP contribution is 2.23. The number of hydrogen-bond acceptors (Lipinski definition) is 4. The minimum atomic E-state index is -0.440. The molecule has 2 rings (SSSR count). The normalized spacial score (nSPS) is 33.3. The van der Waals surface area contributed by atoms with Gasteiger partial charge in [-0.25, -0.2) is 4.79 Å². The molecule has 0 radical (unpaired) electrons. The summed E-state index contributed by atoms with van der Waals surface area (Å²) in [7, 11) is 0. The number of hydrogen-bond donors (Lipinski definition) is 3. The third-order valence-corrected chi connectivity index (χ3v) is 4.57. The summed E-state index contributed by atoms with van der Waals surface area (Å²) in [5, 5.41) is 16.4. The summed E-state index contributed by atoms with van der Waals surface area (Å²) in [4.78, 5) is 11.8. The Balaban J connectivity index is 1.66. The smallest absolute Gasteiger partial charge is 0.407 e. The van der Waals surface area contributed by atoms with Crippen molar-refractivity contribution >= 4 is 6.09 Å². The predicted molar refractivity (Wildman–Crippen MR) is 86.8 cm³/mol. The Morgan fingerprint density at radius 1 is 1.00 bits per heavy atom. The van der Waals surface area contributed by atoms with Crippen LogP contribution in [0.25, 0.3) is 0 Å². The molecule has 2 fully saturated rings. The number of amides is 1. The molecule has 128 valence electrons. The van der Waals surface area contributed by atoms with Gasteiger partial charge in [0.15, 0.2) is 0 Å². The number of aliphatic hydroxyl groups excluding tert-OH is 1. The van der Waals surface area contributed by atoms with Crippen LogP contribution in [0.1, 0.15) is 72.1 Å². The maximum atomic E-state index is 11.8. The summed E-state index contributed by atoms with van der Waals surface area (Å²) in [6.07, 6.45) is 7.83. The Hall–Kier alpha value is -0.810. The van der Waals surface area contributed by atoms with Crippen molar-refractivity contribution in [1.82, 2.24) is 10.6 Å². The summed E-state index contributed by atoms with van der Waals surface area (Å²) < 4.78 is 5.31. The predicted octanol–water partition coefficient (Wildman–Crippen LogP) is 2.72. The van der Waals surface area contributed by atoms with Crippen LogP contribution < -0.4 is 10.6 Å². The van der Waals surface area contributed by atoms with Gasteiger partial charge in [-0.3, -0.25) is 0 Å². The molecule has 0 aromatic rings. The molecular formula is C17H32N2O3. The maximum absolute atomic E-state index is 11.8. The van der Waals surface area contributed by atoms with Crippen LogP contribution in [0.3, 0.4) is 0 Å². The Morgan fingerprint density at radius 3 is 2.23 bits per heavy atom. The van der Waals surface area contributed by atoms with Crippen molar-refractivity contribution < 1.29 is 14.6 Å². The van der Waals surface area contributed by atoms with E-state index in [0.717, 1.165) is 44.9 Å². The van der Waals surface area contributed by atoms with Crippen molar-refractivity contribution in [2.45, 2.75) is 102 Å². The molecule has 2 atom stereocenters. The molecule has 0 spiro atoms. The molecule has 2 saturated carbocycles. The monoisotopic (exact) mass is 312 g/mol. The van der Waals surface area contributed by atoms with E-state index in [2.05, 4.69) is 10.6 Å². The fourth-order valence-electron chi connectivity index (χ4n) is 3.53. The van der Waals surface area contributed by atoms with Crippen LogP contribution in [-0.4, -0.2) is 41.0 Å². The molecule has 5 heteroatoms. The van der Waals surface area contributed by atoms with Crippen LogP contribution in [0.2, 0.25) is 0 Å². The zero-order valence-electron chi connectivity index (χ0n) is 14.2. The van der Waals surface area contributed by atoms with Gasteiger partial charge in [-0.15, -0.1) is 0 Å². The van der Waals surface area contributed by atoms with Gasteiger partial charge in [0.05, 0.1) is 6.10 Å². The van der Waals surface area contributed by atoms with E-state index in [4.69, 9.17) is 4.74 Å². The summed E-state index contributed by atoms with van der Waals surface area (Å²) in [6.45, 7) is 5.64. The van der Waals surface area contributed by atoms with Gasteiger partial charge in [0.25, 0.3) is 0 Å². The average Bonchev–Trinajstić information content (AvgIpc) is 2.39. The third kappa shape index (κ3) is 6.13. The lowest BCUT2D eigenvalue weighted by molar-refractivity contribution is 0.0486. The molecule has 0 aromatic heterocycles. The first kappa shape index (κ1) is 17.5. The topological polar surface area (TPSA) is 70.6 Å². The highest BCUT2D eigenvalue weighted by Gasteiger charge is 2.27.